The van der Waals surface area contributed by atoms with Crippen LogP contribution in [0.5, 0.6) is 34.5 Å². The van der Waals surface area contributed by atoms with Crippen LogP contribution in [-0.2, 0) is 24.0 Å². The van der Waals surface area contributed by atoms with Gasteiger partial charge in [-0.05, 0) is 350 Å². The molecule has 0 aromatic heterocycles. The van der Waals surface area contributed by atoms with Gasteiger partial charge in [-0.1, -0.05) is 109 Å². The van der Waals surface area contributed by atoms with E-state index in [1.165, 1.54) is 188 Å². The first-order valence-electron chi connectivity index (χ1n) is 38.5. The summed E-state index contributed by atoms with van der Waals surface area (Å²) < 4.78 is 25.5. The zero-order valence-electron chi connectivity index (χ0n) is 57.6. The maximum absolute atomic E-state index is 12.3. The molecule has 8 aromatic carbocycles. The largest absolute Gasteiger partial charge is 0.482 e. The molecule has 24 rings (SSSR count). The molecule has 0 heterocycles. The molecule has 0 spiro atoms. The molecule has 16 saturated carbocycles. The minimum absolute atomic E-state index is 0.106. The van der Waals surface area contributed by atoms with E-state index in [2.05, 4.69) is 84.9 Å². The van der Waals surface area contributed by atoms with E-state index in [1.54, 1.807) is 35.4 Å². The van der Waals surface area contributed by atoms with Crippen molar-refractivity contribution in [3.8, 4) is 67.9 Å². The number of hydrogen-bond donors (Lipinski definition) is 0. The highest BCUT2D eigenvalue weighted by molar-refractivity contribution is 5.93. The topological polar surface area (TPSA) is 123 Å². The molecular weight excluding hydrogens is 1240 g/mol. The quantitative estimate of drug-likeness (QED) is 0.0579. The van der Waals surface area contributed by atoms with Crippen molar-refractivity contribution in [3.63, 3.8) is 0 Å². The van der Waals surface area contributed by atoms with E-state index in [-0.39, 0.29) is 46.9 Å². The molecular formula is C90H92N2O8. The van der Waals surface area contributed by atoms with Crippen molar-refractivity contribution in [2.75, 3.05) is 0 Å². The second-order valence-corrected chi connectivity index (χ2v) is 35.5. The summed E-state index contributed by atoms with van der Waals surface area (Å²) in [5, 5.41) is 24.6. The summed E-state index contributed by atoms with van der Waals surface area (Å²) in [4.78, 5) is 23.8. The number of rotatable bonds is 19. The summed E-state index contributed by atoms with van der Waals surface area (Å²) in [5.74, 6) is 11.3. The smallest absolute Gasteiger partial charge is 0.311 e. The molecule has 0 aliphatic heterocycles. The van der Waals surface area contributed by atoms with Crippen molar-refractivity contribution in [1.82, 2.24) is 0 Å². The Balaban J connectivity index is 0.710. The number of nitro groups is 2. The number of nitro benzene ring substituents is 2. The Bertz CT molecular complexity index is 4150. The lowest BCUT2D eigenvalue weighted by Crippen LogP contribution is -2.63. The SMILES string of the molecule is O=[N+]([O-])c1ccc(Oc2ccc(-c3ccc(C45CC6CC(C4)CC(C47CC8CC(CC(C8)C4)C7)(C6)C5)cc3-c3cc(C45CC6CC(C4)CC(C47CC8CC(CC(C8)C4)C7)(C6)C5)ccc3-c3ccc(Oc4ccc([N+](=O)[O-])c(OCc5ccccc5)c4)cc3)cc2)cc1OCc1ccccc1. The third-order valence-electron chi connectivity index (χ3n) is 29.5. The van der Waals surface area contributed by atoms with E-state index in [4.69, 9.17) is 18.9 Å². The first kappa shape index (κ1) is 61.6. The average Bonchev–Trinajstić information content (AvgIpc) is 0.685. The van der Waals surface area contributed by atoms with Crippen molar-refractivity contribution in [1.29, 1.82) is 0 Å². The Morgan fingerprint density at radius 2 is 0.640 bits per heavy atom. The van der Waals surface area contributed by atoms with Crippen LogP contribution < -0.4 is 18.9 Å². The van der Waals surface area contributed by atoms with Crippen molar-refractivity contribution < 1.29 is 28.8 Å². The summed E-state index contributed by atoms with van der Waals surface area (Å²) in [6, 6.07) is 61.8. The van der Waals surface area contributed by atoms with Gasteiger partial charge in [0.2, 0.25) is 11.5 Å². The first-order valence-corrected chi connectivity index (χ1v) is 38.5. The van der Waals surface area contributed by atoms with Gasteiger partial charge in [-0.3, -0.25) is 20.2 Å². The standard InChI is InChI=1S/C90H92N2O8/c93-91(94)81-25-21-75(37-83(81)97-53-57-7-3-1-4-8-57)99-73-17-11-69(12-18-73)77-23-15-71(85-39-65-33-66(40-85)50-89(49-65,55-85)87-43-59-27-60(44-87)29-61(28-59)45-87)35-79(77)80-36-72(86-41-67-34-68(42-86)52-90(51-67,56-86)88-46-62-30-63(47-88)32-64(31-62)48-88)16-24-78(80)70-13-19-74(20-14-70)100-76-22-26-82(92(95)96)84(38-76)98-54-58-9-5-2-6-10-58/h1-26,35-38,59-68H,27-34,39-56H2. The number of benzene rings is 8. The molecule has 10 nitrogen and oxygen atoms in total. The molecule has 4 unspecified atom stereocenters. The van der Waals surface area contributed by atoms with Crippen LogP contribution in [0.4, 0.5) is 11.4 Å². The average molecular weight is 1330 g/mol. The minimum atomic E-state index is -0.399. The fraction of sp³-hybridized carbons (Fsp3) is 0.467. The molecule has 4 atom stereocenters. The Hall–Kier alpha value is -8.24. The molecule has 0 saturated heterocycles. The molecule has 16 fully saturated rings. The molecule has 16 aliphatic rings. The van der Waals surface area contributed by atoms with E-state index in [1.807, 2.05) is 60.7 Å². The molecule has 100 heavy (non-hydrogen) atoms. The predicted molar refractivity (Wildman–Crippen MR) is 389 cm³/mol. The fourth-order valence-corrected chi connectivity index (χ4v) is 27.5. The van der Waals surface area contributed by atoms with Gasteiger partial charge in [0, 0.05) is 24.3 Å². The van der Waals surface area contributed by atoms with Gasteiger partial charge in [0.1, 0.15) is 36.2 Å². The maximum atomic E-state index is 12.3. The molecule has 16 aliphatic carbocycles. The molecule has 0 N–H and O–H groups in total. The maximum Gasteiger partial charge on any atom is 0.311 e. The summed E-state index contributed by atoms with van der Waals surface area (Å²) in [6.07, 6.45) is 34.3. The van der Waals surface area contributed by atoms with E-state index in [0.29, 0.717) is 44.7 Å². The Morgan fingerprint density at radius 3 is 0.980 bits per heavy atom. The Kier molecular flexibility index (Phi) is 14.3. The van der Waals surface area contributed by atoms with E-state index in [9.17, 15) is 20.2 Å². The summed E-state index contributed by atoms with van der Waals surface area (Å²) in [7, 11) is 0. The molecule has 0 radical (unpaired) electrons. The lowest BCUT2D eigenvalue weighted by Gasteiger charge is -2.72. The van der Waals surface area contributed by atoms with Crippen molar-refractivity contribution in [3.05, 3.63) is 224 Å². The molecule has 8 aromatic rings. The Labute approximate surface area is 588 Å². The zero-order chi connectivity index (χ0) is 66.7. The second-order valence-electron chi connectivity index (χ2n) is 35.5. The predicted octanol–water partition coefficient (Wildman–Crippen LogP) is 23.4. The molecule has 10 heteroatoms. The van der Waals surface area contributed by atoms with Gasteiger partial charge < -0.3 is 18.9 Å². The van der Waals surface area contributed by atoms with Crippen molar-refractivity contribution in [2.45, 2.75) is 178 Å². The van der Waals surface area contributed by atoms with Crippen LogP contribution >= 0.6 is 0 Å². The van der Waals surface area contributed by atoms with Gasteiger partial charge >= 0.3 is 11.4 Å². The number of nitrogens with zero attached hydrogens (tertiary/aromatic N) is 2. The highest BCUT2D eigenvalue weighted by Crippen LogP contribution is 2.79. The van der Waals surface area contributed by atoms with E-state index in [0.717, 1.165) is 81.4 Å². The zero-order valence-corrected chi connectivity index (χ0v) is 57.6. The summed E-state index contributed by atoms with van der Waals surface area (Å²) in [6.45, 7) is 0.386. The number of hydrogen-bond acceptors (Lipinski definition) is 8. The third-order valence-corrected chi connectivity index (χ3v) is 29.5. The van der Waals surface area contributed by atoms with Crippen molar-refractivity contribution in [2.24, 2.45) is 80.8 Å². The lowest BCUT2D eigenvalue weighted by atomic mass is 9.32. The van der Waals surface area contributed by atoms with Crippen LogP contribution in [0, 0.1) is 101 Å². The van der Waals surface area contributed by atoms with Crippen LogP contribution in [0.25, 0.3) is 33.4 Å². The van der Waals surface area contributed by atoms with Gasteiger partial charge in [-0.15, -0.1) is 0 Å². The van der Waals surface area contributed by atoms with Crippen LogP contribution in [0.1, 0.15) is 176 Å². The van der Waals surface area contributed by atoms with E-state index >= 15 is 0 Å². The van der Waals surface area contributed by atoms with Crippen molar-refractivity contribution >= 4 is 11.4 Å². The van der Waals surface area contributed by atoms with Crippen LogP contribution in [0.2, 0.25) is 0 Å². The highest BCUT2D eigenvalue weighted by atomic mass is 16.6. The van der Waals surface area contributed by atoms with Crippen LogP contribution in [0.15, 0.2) is 182 Å². The van der Waals surface area contributed by atoms with Gasteiger partial charge in [-0.25, -0.2) is 0 Å². The van der Waals surface area contributed by atoms with E-state index < -0.39 is 9.85 Å². The fourth-order valence-electron chi connectivity index (χ4n) is 27.5. The van der Waals surface area contributed by atoms with Gasteiger partial charge in [0.05, 0.1) is 9.85 Å². The summed E-state index contributed by atoms with van der Waals surface area (Å²) >= 11 is 0. The van der Waals surface area contributed by atoms with Crippen LogP contribution in [-0.4, -0.2) is 9.85 Å². The Morgan fingerprint density at radius 1 is 0.320 bits per heavy atom. The highest BCUT2D eigenvalue weighted by Gasteiger charge is 2.70. The first-order chi connectivity index (χ1) is 48.7. The third kappa shape index (κ3) is 10.3. The lowest BCUT2D eigenvalue weighted by molar-refractivity contribution is -0.386. The molecule has 510 valence electrons. The van der Waals surface area contributed by atoms with Crippen LogP contribution in [0.3, 0.4) is 0 Å². The second kappa shape index (κ2) is 23.1. The van der Waals surface area contributed by atoms with Gasteiger partial charge in [0.25, 0.3) is 0 Å². The molecule has 16 bridgehead atoms. The summed E-state index contributed by atoms with van der Waals surface area (Å²) in [5.41, 5.74) is 14.1. The molecule has 0 amide bonds. The van der Waals surface area contributed by atoms with Gasteiger partial charge in [0.15, 0.2) is 0 Å². The van der Waals surface area contributed by atoms with Gasteiger partial charge in [-0.2, -0.15) is 0 Å². The monoisotopic (exact) mass is 1330 g/mol. The minimum Gasteiger partial charge on any atom is -0.482 e. The normalized spacial score (nSPS) is 34.7. The number of ether oxygens (including phenoxy) is 4.